The smallest absolute Gasteiger partial charge is 0.318 e. The first-order chi connectivity index (χ1) is 7.61. The third-order valence-electron chi connectivity index (χ3n) is 2.80. The van der Waals surface area contributed by atoms with E-state index < -0.39 is 6.03 Å². The summed E-state index contributed by atoms with van der Waals surface area (Å²) in [5.41, 5.74) is 4.82. The van der Waals surface area contributed by atoms with E-state index in [2.05, 4.69) is 17.1 Å². The summed E-state index contributed by atoms with van der Waals surface area (Å²) >= 11 is 0. The van der Waals surface area contributed by atoms with Crippen molar-refractivity contribution in [2.45, 2.75) is 13.3 Å². The fraction of sp³-hybridized carbons (Fsp3) is 0.800. The van der Waals surface area contributed by atoms with Crippen molar-refractivity contribution in [2.24, 2.45) is 11.7 Å². The highest BCUT2D eigenvalue weighted by molar-refractivity contribution is 5.94. The fourth-order valence-corrected chi connectivity index (χ4v) is 1.94. The summed E-state index contributed by atoms with van der Waals surface area (Å²) < 4.78 is 0. The number of hydrogen-bond acceptors (Lipinski definition) is 4. The molecule has 1 aliphatic rings. The Bertz CT molecular complexity index is 257. The van der Waals surface area contributed by atoms with Crippen molar-refractivity contribution in [1.29, 1.82) is 0 Å². The highest BCUT2D eigenvalue weighted by atomic mass is 16.2. The standard InChI is InChI=1S/C10H20N4O2/c1-2-14-4-3-8(7-14)5-12-6-9(15)13-10(11)16/h8,12H,2-7H2,1H3,(H3,11,13,15,16). The summed E-state index contributed by atoms with van der Waals surface area (Å²) in [4.78, 5) is 23.8. The van der Waals surface area contributed by atoms with Gasteiger partial charge in [-0.15, -0.1) is 0 Å². The molecule has 0 aliphatic carbocycles. The molecule has 0 aromatic rings. The second-order valence-electron chi connectivity index (χ2n) is 4.09. The highest BCUT2D eigenvalue weighted by Crippen LogP contribution is 2.14. The predicted molar refractivity (Wildman–Crippen MR) is 60.8 cm³/mol. The lowest BCUT2D eigenvalue weighted by Crippen LogP contribution is -2.41. The van der Waals surface area contributed by atoms with Crippen molar-refractivity contribution in [3.05, 3.63) is 0 Å². The van der Waals surface area contributed by atoms with E-state index in [1.165, 1.54) is 0 Å². The van der Waals surface area contributed by atoms with E-state index in [4.69, 9.17) is 5.73 Å². The monoisotopic (exact) mass is 228 g/mol. The van der Waals surface area contributed by atoms with E-state index in [9.17, 15) is 9.59 Å². The molecule has 1 heterocycles. The molecule has 3 amide bonds. The molecular formula is C10H20N4O2. The number of primary amides is 1. The van der Waals surface area contributed by atoms with Gasteiger partial charge in [0.2, 0.25) is 5.91 Å². The molecule has 1 rings (SSSR count). The second-order valence-corrected chi connectivity index (χ2v) is 4.09. The minimum absolute atomic E-state index is 0.144. The van der Waals surface area contributed by atoms with Gasteiger partial charge in [-0.3, -0.25) is 10.1 Å². The van der Waals surface area contributed by atoms with Gasteiger partial charge in [-0.05, 0) is 32.0 Å². The predicted octanol–water partition coefficient (Wildman–Crippen LogP) is -0.887. The van der Waals surface area contributed by atoms with Gasteiger partial charge >= 0.3 is 6.03 Å². The maximum absolute atomic E-state index is 11.1. The molecule has 6 nitrogen and oxygen atoms in total. The van der Waals surface area contributed by atoms with Crippen LogP contribution in [0, 0.1) is 5.92 Å². The van der Waals surface area contributed by atoms with Crippen molar-refractivity contribution in [3.63, 3.8) is 0 Å². The van der Waals surface area contributed by atoms with Gasteiger partial charge in [-0.25, -0.2) is 4.79 Å². The first-order valence-corrected chi connectivity index (χ1v) is 5.64. The van der Waals surface area contributed by atoms with Crippen molar-refractivity contribution in [2.75, 3.05) is 32.7 Å². The van der Waals surface area contributed by atoms with E-state index in [-0.39, 0.29) is 12.5 Å². The molecule has 0 radical (unpaired) electrons. The Morgan fingerprint density at radius 3 is 2.81 bits per heavy atom. The van der Waals surface area contributed by atoms with Gasteiger partial charge in [0.1, 0.15) is 0 Å². The number of urea groups is 1. The molecule has 6 heteroatoms. The molecule has 4 N–H and O–H groups in total. The number of carbonyl (C=O) groups excluding carboxylic acids is 2. The molecule has 0 bridgehead atoms. The SMILES string of the molecule is CCN1CCC(CNCC(=O)NC(N)=O)C1. The van der Waals surface area contributed by atoms with Crippen LogP contribution in [0.4, 0.5) is 4.79 Å². The maximum atomic E-state index is 11.1. The van der Waals surface area contributed by atoms with Gasteiger partial charge in [-0.2, -0.15) is 0 Å². The van der Waals surface area contributed by atoms with E-state index in [0.717, 1.165) is 32.6 Å². The highest BCUT2D eigenvalue weighted by Gasteiger charge is 2.20. The molecule has 0 aromatic carbocycles. The number of rotatable bonds is 5. The zero-order valence-electron chi connectivity index (χ0n) is 9.66. The van der Waals surface area contributed by atoms with Crippen molar-refractivity contribution < 1.29 is 9.59 Å². The van der Waals surface area contributed by atoms with Gasteiger partial charge in [0.25, 0.3) is 0 Å². The number of likely N-dealkylation sites (tertiary alicyclic amines) is 1. The van der Waals surface area contributed by atoms with Crippen LogP contribution in [-0.4, -0.2) is 49.6 Å². The van der Waals surface area contributed by atoms with Crippen LogP contribution >= 0.6 is 0 Å². The first-order valence-electron chi connectivity index (χ1n) is 5.64. The summed E-state index contributed by atoms with van der Waals surface area (Å²) in [6, 6.07) is -0.801. The average Bonchev–Trinajstić information content (AvgIpc) is 2.64. The number of hydrogen-bond donors (Lipinski definition) is 3. The number of carbonyl (C=O) groups is 2. The molecule has 1 aliphatic heterocycles. The van der Waals surface area contributed by atoms with E-state index in [0.29, 0.717) is 5.92 Å². The largest absolute Gasteiger partial charge is 0.351 e. The average molecular weight is 228 g/mol. The summed E-state index contributed by atoms with van der Waals surface area (Å²) in [6.45, 7) is 6.40. The van der Waals surface area contributed by atoms with E-state index >= 15 is 0 Å². The summed E-state index contributed by atoms with van der Waals surface area (Å²) in [7, 11) is 0. The fourth-order valence-electron chi connectivity index (χ4n) is 1.94. The lowest BCUT2D eigenvalue weighted by atomic mass is 10.1. The Morgan fingerprint density at radius 2 is 2.25 bits per heavy atom. The minimum atomic E-state index is -0.801. The maximum Gasteiger partial charge on any atom is 0.318 e. The molecule has 0 spiro atoms. The van der Waals surface area contributed by atoms with Crippen molar-refractivity contribution in [3.8, 4) is 0 Å². The second kappa shape index (κ2) is 6.44. The van der Waals surface area contributed by atoms with Crippen molar-refractivity contribution in [1.82, 2.24) is 15.5 Å². The molecule has 0 aromatic heterocycles. The topological polar surface area (TPSA) is 87.5 Å². The molecule has 16 heavy (non-hydrogen) atoms. The molecule has 1 saturated heterocycles. The number of amides is 3. The van der Waals surface area contributed by atoms with Gasteiger partial charge in [0.05, 0.1) is 6.54 Å². The van der Waals surface area contributed by atoms with Gasteiger partial charge in [0.15, 0.2) is 0 Å². The van der Waals surface area contributed by atoms with Crippen LogP contribution in [0.2, 0.25) is 0 Å². The summed E-state index contributed by atoms with van der Waals surface area (Å²) in [6.07, 6.45) is 1.16. The third kappa shape index (κ3) is 4.59. The van der Waals surface area contributed by atoms with Gasteiger partial charge in [-0.1, -0.05) is 6.92 Å². The lowest BCUT2D eigenvalue weighted by molar-refractivity contribution is -0.119. The molecular weight excluding hydrogens is 208 g/mol. The molecule has 92 valence electrons. The Balaban J connectivity index is 2.07. The number of nitrogens with one attached hydrogen (secondary N) is 2. The number of imide groups is 1. The number of nitrogens with zero attached hydrogens (tertiary/aromatic N) is 1. The Labute approximate surface area is 95.5 Å². The van der Waals surface area contributed by atoms with Crippen LogP contribution in [0.3, 0.4) is 0 Å². The zero-order valence-corrected chi connectivity index (χ0v) is 9.66. The Morgan fingerprint density at radius 1 is 1.50 bits per heavy atom. The Hall–Kier alpha value is -1.14. The van der Waals surface area contributed by atoms with Gasteiger partial charge in [0, 0.05) is 6.54 Å². The van der Waals surface area contributed by atoms with Crippen LogP contribution in [0.25, 0.3) is 0 Å². The molecule has 1 unspecified atom stereocenters. The van der Waals surface area contributed by atoms with Crippen LogP contribution in [-0.2, 0) is 4.79 Å². The normalized spacial score (nSPS) is 20.9. The van der Waals surface area contributed by atoms with Crippen LogP contribution in [0.5, 0.6) is 0 Å². The van der Waals surface area contributed by atoms with Gasteiger partial charge < -0.3 is 16.0 Å². The van der Waals surface area contributed by atoms with E-state index in [1.54, 1.807) is 0 Å². The first kappa shape index (κ1) is 12.9. The van der Waals surface area contributed by atoms with E-state index in [1.807, 2.05) is 5.32 Å². The quantitative estimate of drug-likeness (QED) is 0.570. The summed E-state index contributed by atoms with van der Waals surface area (Å²) in [5.74, 6) is 0.221. The molecule has 0 saturated carbocycles. The van der Waals surface area contributed by atoms with Crippen molar-refractivity contribution >= 4 is 11.9 Å². The van der Waals surface area contributed by atoms with Crippen LogP contribution in [0.1, 0.15) is 13.3 Å². The third-order valence-corrected chi connectivity index (χ3v) is 2.80. The summed E-state index contributed by atoms with van der Waals surface area (Å²) in [5, 5.41) is 5.05. The minimum Gasteiger partial charge on any atom is -0.351 e. The van der Waals surface area contributed by atoms with Crippen LogP contribution in [0.15, 0.2) is 0 Å². The van der Waals surface area contributed by atoms with Crippen LogP contribution < -0.4 is 16.4 Å². The Kier molecular flexibility index (Phi) is 5.21. The molecule has 1 atom stereocenters. The zero-order chi connectivity index (χ0) is 12.0. The lowest BCUT2D eigenvalue weighted by Gasteiger charge is -2.13. The molecule has 1 fully saturated rings. The number of nitrogens with two attached hydrogens (primary N) is 1.